The van der Waals surface area contributed by atoms with Gasteiger partial charge in [-0.25, -0.2) is 4.39 Å². The Bertz CT molecular complexity index is 1390. The highest BCUT2D eigenvalue weighted by molar-refractivity contribution is 5.94. The zero-order chi connectivity index (χ0) is 24.6. The van der Waals surface area contributed by atoms with Crippen LogP contribution in [0.2, 0.25) is 0 Å². The second-order valence-electron chi connectivity index (χ2n) is 8.70. The molecular weight excluding hydrogens is 458 g/mol. The standard InChI is InChI=1S/C27H21F4N3O/c28-24-6-2-4-18(11-24)19-7-8-20-12-25(13-21(20)10-19)33-26(35)22-14-32-34(16-22)15-17-3-1-5-23(9-17)27(29,30)31/h1-11,14,16,25H,12-13,15H2,(H,33,35). The van der Waals surface area contributed by atoms with Gasteiger partial charge in [-0.2, -0.15) is 18.3 Å². The van der Waals surface area contributed by atoms with Crippen molar-refractivity contribution in [2.45, 2.75) is 31.6 Å². The van der Waals surface area contributed by atoms with E-state index in [1.807, 2.05) is 24.3 Å². The highest BCUT2D eigenvalue weighted by Crippen LogP contribution is 2.30. The highest BCUT2D eigenvalue weighted by Gasteiger charge is 2.30. The molecule has 0 aliphatic heterocycles. The second-order valence-corrected chi connectivity index (χ2v) is 8.70. The monoisotopic (exact) mass is 479 g/mol. The van der Waals surface area contributed by atoms with Crippen molar-refractivity contribution in [2.24, 2.45) is 0 Å². The maximum atomic E-state index is 13.6. The topological polar surface area (TPSA) is 46.9 Å². The summed E-state index contributed by atoms with van der Waals surface area (Å²) in [4.78, 5) is 12.8. The second kappa shape index (κ2) is 9.02. The summed E-state index contributed by atoms with van der Waals surface area (Å²) in [5, 5.41) is 7.15. The van der Waals surface area contributed by atoms with Crippen LogP contribution in [0.3, 0.4) is 0 Å². The molecular formula is C27H21F4N3O. The van der Waals surface area contributed by atoms with Crippen LogP contribution in [-0.4, -0.2) is 21.7 Å². The average molecular weight is 479 g/mol. The van der Waals surface area contributed by atoms with Crippen molar-refractivity contribution in [3.63, 3.8) is 0 Å². The fourth-order valence-electron chi connectivity index (χ4n) is 4.44. The number of halogens is 4. The number of nitrogens with zero attached hydrogens (tertiary/aromatic N) is 2. The third kappa shape index (κ3) is 5.11. The van der Waals surface area contributed by atoms with E-state index in [0.29, 0.717) is 24.0 Å². The molecule has 3 aromatic carbocycles. The minimum Gasteiger partial charge on any atom is -0.349 e. The fourth-order valence-corrected chi connectivity index (χ4v) is 4.44. The van der Waals surface area contributed by atoms with Gasteiger partial charge in [0.05, 0.1) is 23.9 Å². The Labute approximate surface area is 199 Å². The van der Waals surface area contributed by atoms with Gasteiger partial charge in [0.15, 0.2) is 0 Å². The first-order chi connectivity index (χ1) is 16.7. The van der Waals surface area contributed by atoms with Gasteiger partial charge in [0.1, 0.15) is 5.82 Å². The first-order valence-electron chi connectivity index (χ1n) is 11.1. The Morgan fingerprint density at radius 2 is 1.74 bits per heavy atom. The maximum absolute atomic E-state index is 13.6. The molecule has 0 radical (unpaired) electrons. The molecule has 0 saturated carbocycles. The predicted octanol–water partition coefficient (Wildman–Crippen LogP) is 5.65. The van der Waals surface area contributed by atoms with Crippen LogP contribution in [0.25, 0.3) is 11.1 Å². The van der Waals surface area contributed by atoms with Gasteiger partial charge in [0, 0.05) is 12.2 Å². The molecule has 1 aliphatic rings. The fraction of sp³-hybridized carbons (Fsp3) is 0.185. The maximum Gasteiger partial charge on any atom is 0.416 e. The van der Waals surface area contributed by atoms with Gasteiger partial charge in [-0.3, -0.25) is 9.48 Å². The van der Waals surface area contributed by atoms with E-state index in [2.05, 4.69) is 10.4 Å². The number of nitrogens with one attached hydrogen (secondary N) is 1. The van der Waals surface area contributed by atoms with Gasteiger partial charge in [0.25, 0.3) is 5.91 Å². The summed E-state index contributed by atoms with van der Waals surface area (Å²) in [5.41, 5.74) is 4.03. The summed E-state index contributed by atoms with van der Waals surface area (Å²) in [7, 11) is 0. The number of benzene rings is 3. The van der Waals surface area contributed by atoms with E-state index in [1.165, 1.54) is 35.3 Å². The SMILES string of the molecule is O=C(NC1Cc2ccc(-c3cccc(F)c3)cc2C1)c1cnn(Cc2cccc(C(F)(F)F)c2)c1. The lowest BCUT2D eigenvalue weighted by Crippen LogP contribution is -2.35. The third-order valence-electron chi connectivity index (χ3n) is 6.13. The molecule has 1 heterocycles. The highest BCUT2D eigenvalue weighted by atomic mass is 19.4. The first kappa shape index (κ1) is 22.8. The molecule has 0 spiro atoms. The molecule has 178 valence electrons. The van der Waals surface area contributed by atoms with Crippen LogP contribution < -0.4 is 5.32 Å². The van der Waals surface area contributed by atoms with Crippen LogP contribution in [0.15, 0.2) is 79.1 Å². The van der Waals surface area contributed by atoms with Crippen LogP contribution in [0.1, 0.15) is 32.6 Å². The molecule has 0 bridgehead atoms. The van der Waals surface area contributed by atoms with E-state index >= 15 is 0 Å². The normalized spacial score (nSPS) is 15.1. The van der Waals surface area contributed by atoms with Crippen LogP contribution in [-0.2, 0) is 25.6 Å². The van der Waals surface area contributed by atoms with Gasteiger partial charge in [0.2, 0.25) is 0 Å². The summed E-state index contributed by atoms with van der Waals surface area (Å²) in [6, 6.07) is 17.4. The Morgan fingerprint density at radius 1 is 0.971 bits per heavy atom. The molecule has 1 atom stereocenters. The van der Waals surface area contributed by atoms with E-state index in [-0.39, 0.29) is 24.3 Å². The number of amides is 1. The molecule has 0 saturated heterocycles. The Morgan fingerprint density at radius 3 is 2.54 bits per heavy atom. The lowest BCUT2D eigenvalue weighted by molar-refractivity contribution is -0.137. The van der Waals surface area contributed by atoms with Crippen molar-refractivity contribution in [2.75, 3.05) is 0 Å². The molecule has 1 aromatic heterocycles. The Hall–Kier alpha value is -3.94. The summed E-state index contributed by atoms with van der Waals surface area (Å²) in [5.74, 6) is -0.579. The zero-order valence-electron chi connectivity index (χ0n) is 18.5. The molecule has 4 aromatic rings. The quantitative estimate of drug-likeness (QED) is 0.376. The predicted molar refractivity (Wildman–Crippen MR) is 123 cm³/mol. The van der Waals surface area contributed by atoms with Crippen LogP contribution >= 0.6 is 0 Å². The number of hydrogen-bond acceptors (Lipinski definition) is 2. The molecule has 1 aliphatic carbocycles. The van der Waals surface area contributed by atoms with Crippen molar-refractivity contribution in [1.29, 1.82) is 0 Å². The summed E-state index contributed by atoms with van der Waals surface area (Å²) >= 11 is 0. The summed E-state index contributed by atoms with van der Waals surface area (Å²) in [6.45, 7) is 0.120. The third-order valence-corrected chi connectivity index (χ3v) is 6.13. The van der Waals surface area contributed by atoms with Crippen molar-refractivity contribution >= 4 is 5.91 Å². The number of carbonyl (C=O) groups excluding carboxylic acids is 1. The number of rotatable bonds is 5. The summed E-state index contributed by atoms with van der Waals surface area (Å²) < 4.78 is 53.9. The van der Waals surface area contributed by atoms with Crippen LogP contribution in [0.5, 0.6) is 0 Å². The number of carbonyl (C=O) groups is 1. The number of hydrogen-bond donors (Lipinski definition) is 1. The molecule has 1 N–H and O–H groups in total. The van der Waals surface area contributed by atoms with E-state index in [1.54, 1.807) is 12.1 Å². The molecule has 1 unspecified atom stereocenters. The molecule has 8 heteroatoms. The van der Waals surface area contributed by atoms with Gasteiger partial charge in [-0.1, -0.05) is 42.5 Å². The molecule has 35 heavy (non-hydrogen) atoms. The van der Waals surface area contributed by atoms with E-state index in [4.69, 9.17) is 0 Å². The minimum absolute atomic E-state index is 0.0907. The summed E-state index contributed by atoms with van der Waals surface area (Å²) in [6.07, 6.45) is -0.138. The van der Waals surface area contributed by atoms with Gasteiger partial charge < -0.3 is 5.32 Å². The van der Waals surface area contributed by atoms with E-state index in [0.717, 1.165) is 34.4 Å². The van der Waals surface area contributed by atoms with E-state index in [9.17, 15) is 22.4 Å². The molecule has 1 amide bonds. The van der Waals surface area contributed by atoms with Crippen LogP contribution in [0, 0.1) is 5.82 Å². The zero-order valence-corrected chi connectivity index (χ0v) is 18.5. The molecule has 0 fully saturated rings. The average Bonchev–Trinajstić information content (AvgIpc) is 3.44. The minimum atomic E-state index is -4.41. The smallest absolute Gasteiger partial charge is 0.349 e. The van der Waals surface area contributed by atoms with Crippen LogP contribution in [0.4, 0.5) is 17.6 Å². The van der Waals surface area contributed by atoms with Gasteiger partial charge in [-0.05, 0) is 64.9 Å². The van der Waals surface area contributed by atoms with Gasteiger partial charge >= 0.3 is 6.18 Å². The van der Waals surface area contributed by atoms with Crippen molar-refractivity contribution in [3.05, 3.63) is 113 Å². The lowest BCUT2D eigenvalue weighted by Gasteiger charge is -2.11. The molecule has 5 rings (SSSR count). The number of alkyl halides is 3. The van der Waals surface area contributed by atoms with Gasteiger partial charge in [-0.15, -0.1) is 0 Å². The molecule has 4 nitrogen and oxygen atoms in total. The Kier molecular flexibility index (Phi) is 5.88. The van der Waals surface area contributed by atoms with E-state index < -0.39 is 11.7 Å². The Balaban J connectivity index is 1.23. The lowest BCUT2D eigenvalue weighted by atomic mass is 10.0. The first-order valence-corrected chi connectivity index (χ1v) is 11.1. The number of fused-ring (bicyclic) bond motifs is 1. The largest absolute Gasteiger partial charge is 0.416 e. The number of aromatic nitrogens is 2. The van der Waals surface area contributed by atoms with Crippen molar-refractivity contribution in [3.8, 4) is 11.1 Å². The van der Waals surface area contributed by atoms with Crippen molar-refractivity contribution in [1.82, 2.24) is 15.1 Å². The van der Waals surface area contributed by atoms with Crippen molar-refractivity contribution < 1.29 is 22.4 Å².